The van der Waals surface area contributed by atoms with Crippen LogP contribution in [0.25, 0.3) is 11.1 Å². The summed E-state index contributed by atoms with van der Waals surface area (Å²) in [5.74, 6) is -7.33. The first-order chi connectivity index (χ1) is 19.2. The standard InChI is InChI=1S/C30H30F2N4O4/c31-29(32)12-11-21-24(29)16-36(25(21)27(38)35-18(15-33)14-17-6-5-13-34-26(17)37)28(39)30(40)22-9-3-1-7-19(22)20-8-2-4-10-23(20)30/h1-4,7-10,17-18,21,24-25,40H,5-6,11-14,16H2,(H,34,37)(H,35,38)/t17-,18+,21-,24-,25+/m0/s1. The van der Waals surface area contributed by atoms with Crippen molar-refractivity contribution in [3.63, 3.8) is 0 Å². The van der Waals surface area contributed by atoms with E-state index in [0.29, 0.717) is 35.2 Å². The second kappa shape index (κ2) is 9.66. The molecule has 1 saturated carbocycles. The van der Waals surface area contributed by atoms with Gasteiger partial charge in [0.05, 0.1) is 6.07 Å². The Morgan fingerprint density at radius 1 is 1.12 bits per heavy atom. The third kappa shape index (κ3) is 3.98. The molecule has 4 aliphatic rings. The molecule has 6 rings (SSSR count). The van der Waals surface area contributed by atoms with Gasteiger partial charge in [0.15, 0.2) is 5.60 Å². The van der Waals surface area contributed by atoms with Crippen LogP contribution in [0.2, 0.25) is 0 Å². The van der Waals surface area contributed by atoms with Gasteiger partial charge in [0.2, 0.25) is 11.8 Å². The van der Waals surface area contributed by atoms with E-state index >= 15 is 0 Å². The van der Waals surface area contributed by atoms with Crippen LogP contribution in [0.4, 0.5) is 8.78 Å². The monoisotopic (exact) mass is 548 g/mol. The Labute approximate surface area is 230 Å². The van der Waals surface area contributed by atoms with E-state index in [1.807, 2.05) is 6.07 Å². The van der Waals surface area contributed by atoms with Crippen LogP contribution in [-0.4, -0.2) is 58.8 Å². The zero-order valence-corrected chi connectivity index (χ0v) is 21.8. The summed E-state index contributed by atoms with van der Waals surface area (Å²) in [6, 6.07) is 13.5. The second-order valence-electron chi connectivity index (χ2n) is 11.3. The molecular weight excluding hydrogens is 518 g/mol. The number of piperidine rings is 1. The molecule has 2 saturated heterocycles. The number of benzene rings is 2. The number of fused-ring (bicyclic) bond motifs is 4. The minimum Gasteiger partial charge on any atom is -0.372 e. The summed E-state index contributed by atoms with van der Waals surface area (Å²) < 4.78 is 30.0. The van der Waals surface area contributed by atoms with Crippen molar-refractivity contribution >= 4 is 17.7 Å². The van der Waals surface area contributed by atoms with Gasteiger partial charge in [-0.1, -0.05) is 48.5 Å². The van der Waals surface area contributed by atoms with Gasteiger partial charge in [-0.2, -0.15) is 5.26 Å². The maximum absolute atomic E-state index is 15.0. The number of nitriles is 1. The van der Waals surface area contributed by atoms with Crippen LogP contribution in [-0.2, 0) is 20.0 Å². The number of likely N-dealkylation sites (tertiary alicyclic amines) is 1. The maximum atomic E-state index is 15.0. The van der Waals surface area contributed by atoms with E-state index in [9.17, 15) is 33.5 Å². The molecular formula is C30H30F2N4O4. The number of nitrogens with one attached hydrogen (secondary N) is 2. The molecule has 2 heterocycles. The van der Waals surface area contributed by atoms with Gasteiger partial charge >= 0.3 is 0 Å². The predicted octanol–water partition coefficient (Wildman–Crippen LogP) is 2.70. The fourth-order valence-corrected chi connectivity index (χ4v) is 7.20. The molecule has 3 amide bonds. The Kier molecular flexibility index (Phi) is 6.37. The molecule has 0 bridgehead atoms. The molecule has 208 valence electrons. The van der Waals surface area contributed by atoms with Crippen LogP contribution >= 0.6 is 0 Å². The van der Waals surface area contributed by atoms with Crippen LogP contribution in [0, 0.1) is 29.1 Å². The molecule has 0 aromatic heterocycles. The number of alkyl halides is 2. The third-order valence-electron chi connectivity index (χ3n) is 9.16. The SMILES string of the molecule is N#C[C@@H](C[C@@H]1CCCNC1=O)NC(=O)[C@H]1[C@H]2CCC(F)(F)[C@H]2CN1C(=O)C1(O)c2ccccc2-c2ccccc21. The summed E-state index contributed by atoms with van der Waals surface area (Å²) in [6.07, 6.45) is 1.07. The highest BCUT2D eigenvalue weighted by Crippen LogP contribution is 2.54. The maximum Gasteiger partial charge on any atom is 0.264 e. The van der Waals surface area contributed by atoms with E-state index in [2.05, 4.69) is 10.6 Å². The molecule has 2 aliphatic heterocycles. The second-order valence-corrected chi connectivity index (χ2v) is 11.3. The van der Waals surface area contributed by atoms with Crippen LogP contribution < -0.4 is 10.6 Å². The van der Waals surface area contributed by atoms with Gasteiger partial charge in [-0.05, 0) is 42.7 Å². The summed E-state index contributed by atoms with van der Waals surface area (Å²) in [5.41, 5.74) is -0.163. The summed E-state index contributed by atoms with van der Waals surface area (Å²) >= 11 is 0. The molecule has 0 radical (unpaired) electrons. The Bertz CT molecular complexity index is 1380. The van der Waals surface area contributed by atoms with Gasteiger partial charge in [-0.15, -0.1) is 0 Å². The van der Waals surface area contributed by atoms with Crippen molar-refractivity contribution in [2.24, 2.45) is 17.8 Å². The van der Waals surface area contributed by atoms with Crippen molar-refractivity contribution in [2.75, 3.05) is 13.1 Å². The lowest BCUT2D eigenvalue weighted by Crippen LogP contribution is -2.56. The molecule has 40 heavy (non-hydrogen) atoms. The molecule has 0 unspecified atom stereocenters. The van der Waals surface area contributed by atoms with Crippen molar-refractivity contribution in [3.8, 4) is 17.2 Å². The van der Waals surface area contributed by atoms with Crippen molar-refractivity contribution < 1.29 is 28.3 Å². The topological polar surface area (TPSA) is 123 Å². The van der Waals surface area contributed by atoms with E-state index in [0.717, 1.165) is 11.3 Å². The van der Waals surface area contributed by atoms with Gasteiger partial charge in [0.25, 0.3) is 11.8 Å². The van der Waals surface area contributed by atoms with Gasteiger partial charge < -0.3 is 20.6 Å². The average Bonchev–Trinajstić information content (AvgIpc) is 3.58. The summed E-state index contributed by atoms with van der Waals surface area (Å²) in [5, 5.41) is 27.3. The number of rotatable bonds is 5. The number of carbonyl (C=O) groups excluding carboxylic acids is 3. The fourth-order valence-electron chi connectivity index (χ4n) is 7.20. The van der Waals surface area contributed by atoms with Crippen molar-refractivity contribution in [1.29, 1.82) is 5.26 Å². The highest BCUT2D eigenvalue weighted by molar-refractivity contribution is 6.01. The van der Waals surface area contributed by atoms with Crippen molar-refractivity contribution in [3.05, 3.63) is 59.7 Å². The third-order valence-corrected chi connectivity index (χ3v) is 9.16. The van der Waals surface area contributed by atoms with E-state index < -0.39 is 59.6 Å². The minimum atomic E-state index is -3.07. The molecule has 2 aromatic rings. The highest BCUT2D eigenvalue weighted by atomic mass is 19.3. The first kappa shape index (κ1) is 26.4. The average molecular weight is 549 g/mol. The molecule has 3 fully saturated rings. The molecule has 2 aliphatic carbocycles. The van der Waals surface area contributed by atoms with Crippen LogP contribution in [0.3, 0.4) is 0 Å². The lowest BCUT2D eigenvalue weighted by atomic mass is 9.88. The Morgan fingerprint density at radius 3 is 2.40 bits per heavy atom. The molecule has 5 atom stereocenters. The molecule has 8 nitrogen and oxygen atoms in total. The molecule has 0 spiro atoms. The normalized spacial score (nSPS) is 28.1. The van der Waals surface area contributed by atoms with Crippen LogP contribution in [0.15, 0.2) is 48.5 Å². The smallest absolute Gasteiger partial charge is 0.264 e. The number of nitrogens with zero attached hydrogens (tertiary/aromatic N) is 2. The Hall–Kier alpha value is -3.84. The molecule has 2 aromatic carbocycles. The lowest BCUT2D eigenvalue weighted by molar-refractivity contribution is -0.153. The zero-order valence-electron chi connectivity index (χ0n) is 21.8. The first-order valence-electron chi connectivity index (χ1n) is 13.7. The zero-order chi connectivity index (χ0) is 28.2. The van der Waals surface area contributed by atoms with Crippen LogP contribution in [0.5, 0.6) is 0 Å². The van der Waals surface area contributed by atoms with Crippen molar-refractivity contribution in [2.45, 2.75) is 55.7 Å². The number of aliphatic hydroxyl groups is 1. The number of hydrogen-bond donors (Lipinski definition) is 3. The van der Waals surface area contributed by atoms with E-state index in [4.69, 9.17) is 0 Å². The molecule has 3 N–H and O–H groups in total. The van der Waals surface area contributed by atoms with Crippen molar-refractivity contribution in [1.82, 2.24) is 15.5 Å². The first-order valence-corrected chi connectivity index (χ1v) is 13.7. The van der Waals surface area contributed by atoms with E-state index in [-0.39, 0.29) is 25.3 Å². The van der Waals surface area contributed by atoms with Gasteiger partial charge in [-0.3, -0.25) is 14.4 Å². The largest absolute Gasteiger partial charge is 0.372 e. The summed E-state index contributed by atoms with van der Waals surface area (Å²) in [4.78, 5) is 41.4. The number of halogens is 2. The Balaban J connectivity index is 1.33. The predicted molar refractivity (Wildman–Crippen MR) is 139 cm³/mol. The number of carbonyl (C=O) groups is 3. The molecule has 10 heteroatoms. The summed E-state index contributed by atoms with van der Waals surface area (Å²) in [6.45, 7) is 0.175. The quantitative estimate of drug-likeness (QED) is 0.531. The summed E-state index contributed by atoms with van der Waals surface area (Å²) in [7, 11) is 0. The van der Waals surface area contributed by atoms with E-state index in [1.165, 1.54) is 0 Å². The van der Waals surface area contributed by atoms with Gasteiger partial charge in [0, 0.05) is 42.5 Å². The number of amides is 3. The highest BCUT2D eigenvalue weighted by Gasteiger charge is 2.63. The van der Waals surface area contributed by atoms with E-state index in [1.54, 1.807) is 48.5 Å². The number of hydrogen-bond acceptors (Lipinski definition) is 5. The minimum absolute atomic E-state index is 0.0351. The Morgan fingerprint density at radius 2 is 1.77 bits per heavy atom. The van der Waals surface area contributed by atoms with Crippen LogP contribution in [0.1, 0.15) is 43.2 Å². The fraction of sp³-hybridized carbons (Fsp3) is 0.467. The van der Waals surface area contributed by atoms with Gasteiger partial charge in [0.1, 0.15) is 12.1 Å². The van der Waals surface area contributed by atoms with Gasteiger partial charge in [-0.25, -0.2) is 8.78 Å². The lowest BCUT2D eigenvalue weighted by Gasteiger charge is -2.34.